The highest BCUT2D eigenvalue weighted by Crippen LogP contribution is 2.44. The SMILES string of the molecule is CCOCC1(COCC)CCC(c2nn(C3CCCCO3)cc2CN2CC[CH]CC2)CC1. The third-order valence-electron chi connectivity index (χ3n) is 7.64. The molecule has 6 nitrogen and oxygen atoms in total. The second kappa shape index (κ2) is 12.0. The molecule has 1 saturated carbocycles. The first-order valence-electron chi connectivity index (χ1n) is 13.1. The van der Waals surface area contributed by atoms with Gasteiger partial charge in [-0.25, -0.2) is 4.68 Å². The Morgan fingerprint density at radius 2 is 1.75 bits per heavy atom. The van der Waals surface area contributed by atoms with Gasteiger partial charge in [0.15, 0.2) is 0 Å². The van der Waals surface area contributed by atoms with Crippen molar-refractivity contribution < 1.29 is 14.2 Å². The molecule has 1 unspecified atom stereocenters. The molecule has 0 bridgehead atoms. The van der Waals surface area contributed by atoms with Crippen molar-refractivity contribution >= 4 is 0 Å². The lowest BCUT2D eigenvalue weighted by atomic mass is 9.70. The molecule has 181 valence electrons. The second-order valence-electron chi connectivity index (χ2n) is 10.0. The Bertz CT molecular complexity index is 662. The predicted molar refractivity (Wildman–Crippen MR) is 127 cm³/mol. The monoisotopic (exact) mass is 446 g/mol. The van der Waals surface area contributed by atoms with Gasteiger partial charge in [0.25, 0.3) is 0 Å². The Labute approximate surface area is 195 Å². The summed E-state index contributed by atoms with van der Waals surface area (Å²) < 4.78 is 20.0. The number of likely N-dealkylation sites (tertiary alicyclic amines) is 1. The zero-order chi connectivity index (χ0) is 22.2. The Hall–Kier alpha value is -0.950. The van der Waals surface area contributed by atoms with Crippen LogP contribution in [0.3, 0.4) is 0 Å². The second-order valence-corrected chi connectivity index (χ2v) is 10.0. The molecule has 3 fully saturated rings. The minimum absolute atomic E-state index is 0.115. The summed E-state index contributed by atoms with van der Waals surface area (Å²) in [7, 11) is 0. The normalized spacial score (nSPS) is 25.2. The van der Waals surface area contributed by atoms with Gasteiger partial charge < -0.3 is 14.2 Å². The van der Waals surface area contributed by atoms with E-state index in [1.807, 2.05) is 0 Å². The highest BCUT2D eigenvalue weighted by molar-refractivity contribution is 5.23. The summed E-state index contributed by atoms with van der Waals surface area (Å²) in [5, 5.41) is 5.19. The molecule has 6 heteroatoms. The smallest absolute Gasteiger partial charge is 0.150 e. The van der Waals surface area contributed by atoms with Gasteiger partial charge in [0.1, 0.15) is 6.23 Å². The van der Waals surface area contributed by atoms with Gasteiger partial charge in [0.2, 0.25) is 0 Å². The van der Waals surface area contributed by atoms with E-state index in [9.17, 15) is 0 Å². The van der Waals surface area contributed by atoms with E-state index >= 15 is 0 Å². The first-order chi connectivity index (χ1) is 15.7. The molecule has 0 amide bonds. The van der Waals surface area contributed by atoms with Crippen molar-refractivity contribution in [1.82, 2.24) is 14.7 Å². The van der Waals surface area contributed by atoms with Gasteiger partial charge >= 0.3 is 0 Å². The average Bonchev–Trinajstić information content (AvgIpc) is 3.27. The molecule has 32 heavy (non-hydrogen) atoms. The van der Waals surface area contributed by atoms with Crippen LogP contribution < -0.4 is 0 Å². The van der Waals surface area contributed by atoms with Crippen molar-refractivity contribution in [3.63, 3.8) is 0 Å². The largest absolute Gasteiger partial charge is 0.381 e. The van der Waals surface area contributed by atoms with Gasteiger partial charge in [-0.3, -0.25) is 4.90 Å². The van der Waals surface area contributed by atoms with Crippen LogP contribution in [-0.4, -0.2) is 60.8 Å². The average molecular weight is 447 g/mol. The topological polar surface area (TPSA) is 48.8 Å². The number of hydrogen-bond donors (Lipinski definition) is 0. The van der Waals surface area contributed by atoms with Crippen LogP contribution in [-0.2, 0) is 20.8 Å². The summed E-state index contributed by atoms with van der Waals surface area (Å²) in [6.07, 6.45) is 15.4. The van der Waals surface area contributed by atoms with E-state index < -0.39 is 0 Å². The zero-order valence-electron chi connectivity index (χ0n) is 20.4. The Morgan fingerprint density at radius 1 is 1.03 bits per heavy atom. The van der Waals surface area contributed by atoms with E-state index in [-0.39, 0.29) is 11.6 Å². The minimum Gasteiger partial charge on any atom is -0.381 e. The number of nitrogens with zero attached hydrogens (tertiary/aromatic N) is 3. The highest BCUT2D eigenvalue weighted by Gasteiger charge is 2.38. The van der Waals surface area contributed by atoms with Gasteiger partial charge in [0, 0.05) is 49.5 Å². The molecule has 2 aliphatic heterocycles. The fourth-order valence-electron chi connectivity index (χ4n) is 5.66. The van der Waals surface area contributed by atoms with Crippen LogP contribution in [0.2, 0.25) is 0 Å². The third kappa shape index (κ3) is 6.13. The lowest BCUT2D eigenvalue weighted by Gasteiger charge is -2.39. The maximum Gasteiger partial charge on any atom is 0.150 e. The quantitative estimate of drug-likeness (QED) is 0.500. The summed E-state index contributed by atoms with van der Waals surface area (Å²) in [4.78, 5) is 2.60. The molecule has 1 aromatic rings. The van der Waals surface area contributed by atoms with Crippen LogP contribution in [0.25, 0.3) is 0 Å². The lowest BCUT2D eigenvalue weighted by Crippen LogP contribution is -2.36. The molecular weight excluding hydrogens is 402 g/mol. The Kier molecular flexibility index (Phi) is 9.04. The van der Waals surface area contributed by atoms with E-state index in [0.717, 1.165) is 58.8 Å². The first-order valence-corrected chi connectivity index (χ1v) is 13.1. The van der Waals surface area contributed by atoms with Crippen LogP contribution >= 0.6 is 0 Å². The van der Waals surface area contributed by atoms with Crippen molar-refractivity contribution in [2.45, 2.75) is 90.3 Å². The molecule has 0 N–H and O–H groups in total. The van der Waals surface area contributed by atoms with E-state index in [0.29, 0.717) is 5.92 Å². The molecule has 1 aliphatic carbocycles. The molecule has 1 atom stereocenters. The number of ether oxygens (including phenoxy) is 3. The lowest BCUT2D eigenvalue weighted by molar-refractivity contribution is -0.0421. The molecule has 4 rings (SSSR count). The summed E-state index contributed by atoms with van der Waals surface area (Å²) in [5.41, 5.74) is 2.92. The number of aromatic nitrogens is 2. The van der Waals surface area contributed by atoms with Crippen molar-refractivity contribution in [3.8, 4) is 0 Å². The van der Waals surface area contributed by atoms with Crippen molar-refractivity contribution in [2.24, 2.45) is 5.41 Å². The molecule has 0 aromatic carbocycles. The van der Waals surface area contributed by atoms with E-state index in [1.165, 1.54) is 62.9 Å². The summed E-state index contributed by atoms with van der Waals surface area (Å²) in [6, 6.07) is 0. The third-order valence-corrected chi connectivity index (χ3v) is 7.64. The van der Waals surface area contributed by atoms with Crippen LogP contribution in [0.15, 0.2) is 6.20 Å². The molecule has 3 heterocycles. The van der Waals surface area contributed by atoms with E-state index in [1.54, 1.807) is 0 Å². The van der Waals surface area contributed by atoms with Crippen LogP contribution in [0.5, 0.6) is 0 Å². The number of hydrogen-bond acceptors (Lipinski definition) is 5. The summed E-state index contributed by atoms with van der Waals surface area (Å²) in [5.74, 6) is 0.530. The van der Waals surface area contributed by atoms with Gasteiger partial charge in [-0.15, -0.1) is 0 Å². The van der Waals surface area contributed by atoms with Crippen molar-refractivity contribution in [1.29, 1.82) is 0 Å². The fraction of sp³-hybridized carbons (Fsp3) is 0.846. The minimum atomic E-state index is 0.115. The number of piperidine rings is 1. The highest BCUT2D eigenvalue weighted by atomic mass is 16.5. The maximum atomic E-state index is 6.08. The Balaban J connectivity index is 1.48. The van der Waals surface area contributed by atoms with Crippen LogP contribution in [0.1, 0.15) is 95.0 Å². The van der Waals surface area contributed by atoms with Gasteiger partial charge in [-0.05, 0) is 91.1 Å². The summed E-state index contributed by atoms with van der Waals surface area (Å²) in [6.45, 7) is 11.6. The Morgan fingerprint density at radius 3 is 2.38 bits per heavy atom. The number of rotatable bonds is 10. The molecule has 1 aromatic heterocycles. The maximum absolute atomic E-state index is 6.08. The molecule has 2 saturated heterocycles. The van der Waals surface area contributed by atoms with Gasteiger partial charge in [-0.1, -0.05) is 0 Å². The fourth-order valence-corrected chi connectivity index (χ4v) is 5.66. The predicted octanol–water partition coefficient (Wildman–Crippen LogP) is 5.10. The molecule has 3 aliphatic rings. The van der Waals surface area contributed by atoms with E-state index in [2.05, 4.69) is 36.0 Å². The van der Waals surface area contributed by atoms with Gasteiger partial charge in [0.05, 0.1) is 18.9 Å². The zero-order valence-corrected chi connectivity index (χ0v) is 20.4. The van der Waals surface area contributed by atoms with Crippen molar-refractivity contribution in [3.05, 3.63) is 23.9 Å². The molecule has 1 radical (unpaired) electrons. The van der Waals surface area contributed by atoms with E-state index in [4.69, 9.17) is 19.3 Å². The van der Waals surface area contributed by atoms with Crippen LogP contribution in [0.4, 0.5) is 0 Å². The molecular formula is C26H44N3O3. The summed E-state index contributed by atoms with van der Waals surface area (Å²) >= 11 is 0. The van der Waals surface area contributed by atoms with Gasteiger partial charge in [-0.2, -0.15) is 5.10 Å². The first kappa shape index (κ1) is 24.2. The van der Waals surface area contributed by atoms with Crippen molar-refractivity contribution in [2.75, 3.05) is 46.1 Å². The standard InChI is InChI=1S/C26H44N3O3/c1-3-30-20-26(21-31-4-2)13-11-22(12-14-26)25-23(18-28-15-7-5-8-16-28)19-29(27-25)24-10-6-9-17-32-24/h5,19,22,24H,3-4,6-18,20-21H2,1-2H3. The molecule has 0 spiro atoms. The van der Waals surface area contributed by atoms with Crippen LogP contribution in [0, 0.1) is 11.8 Å².